The van der Waals surface area contributed by atoms with Crippen LogP contribution in [0.25, 0.3) is 11.1 Å². The maximum absolute atomic E-state index is 13.4. The molecule has 3 atom stereocenters. The number of likely N-dealkylation sites (tertiary alicyclic amines) is 1. The number of amides is 1. The van der Waals surface area contributed by atoms with Crippen molar-refractivity contribution in [2.75, 3.05) is 19.6 Å². The van der Waals surface area contributed by atoms with E-state index in [4.69, 9.17) is 15.3 Å². The molecule has 0 spiro atoms. The molecule has 3 aromatic rings. The van der Waals surface area contributed by atoms with E-state index in [1.165, 1.54) is 12.1 Å². The molecule has 0 radical (unpaired) electrons. The molecular weight excluding hydrogens is 485 g/mol. The van der Waals surface area contributed by atoms with E-state index in [-0.39, 0.29) is 12.4 Å². The first-order valence-corrected chi connectivity index (χ1v) is 13.2. The molecule has 1 unspecified atom stereocenters. The lowest BCUT2D eigenvalue weighted by Gasteiger charge is -2.44. The van der Waals surface area contributed by atoms with Gasteiger partial charge in [0.25, 0.3) is 0 Å². The van der Waals surface area contributed by atoms with Crippen molar-refractivity contribution in [3.63, 3.8) is 0 Å². The number of hydroxylamine groups is 2. The number of ether oxygens (including phenoxy) is 1. The first kappa shape index (κ1) is 25.0. The highest BCUT2D eigenvalue weighted by Crippen LogP contribution is 2.38. The van der Waals surface area contributed by atoms with Crippen LogP contribution < -0.4 is 10.5 Å². The van der Waals surface area contributed by atoms with Crippen molar-refractivity contribution in [3.05, 3.63) is 89.2 Å². The van der Waals surface area contributed by atoms with Gasteiger partial charge in [0, 0.05) is 6.54 Å². The largest absolute Gasteiger partial charge is 0.490 e. The number of aliphatic hydroxyl groups is 1. The third-order valence-corrected chi connectivity index (χ3v) is 7.64. The molecule has 3 aromatic carbocycles. The minimum absolute atomic E-state index is 0.228. The molecule has 7 nitrogen and oxygen atoms in total. The van der Waals surface area contributed by atoms with Crippen LogP contribution in [0, 0.1) is 5.82 Å². The highest BCUT2D eigenvalue weighted by atomic mass is 19.1. The molecule has 2 aliphatic heterocycles. The fourth-order valence-electron chi connectivity index (χ4n) is 5.23. The number of nitrogens with zero attached hydrogens (tertiary/aromatic N) is 2. The van der Waals surface area contributed by atoms with Crippen LogP contribution in [0.3, 0.4) is 0 Å². The summed E-state index contributed by atoms with van der Waals surface area (Å²) in [5, 5.41) is 13.2. The van der Waals surface area contributed by atoms with Gasteiger partial charge in [-0.2, -0.15) is 5.06 Å². The zero-order valence-corrected chi connectivity index (χ0v) is 21.1. The number of benzene rings is 3. The van der Waals surface area contributed by atoms with Gasteiger partial charge in [-0.05, 0) is 90.5 Å². The molecule has 2 heterocycles. The molecule has 1 aliphatic carbocycles. The van der Waals surface area contributed by atoms with Gasteiger partial charge in [-0.25, -0.2) is 4.39 Å². The SMILES string of the molecule is NC(=O)C1c2ccc(-c3ccc(F)cc3)cc2CON1[C@H](CN1CCC1)[C@H](O)c1ccc(OC2CC2)cc1. The number of rotatable bonds is 9. The molecule has 2 fully saturated rings. The number of nitrogens with two attached hydrogens (primary N) is 1. The van der Waals surface area contributed by atoms with E-state index >= 15 is 0 Å². The summed E-state index contributed by atoms with van der Waals surface area (Å²) in [6, 6.07) is 18.2. The molecule has 0 bridgehead atoms. The summed E-state index contributed by atoms with van der Waals surface area (Å²) < 4.78 is 19.3. The Morgan fingerprint density at radius 2 is 1.76 bits per heavy atom. The van der Waals surface area contributed by atoms with Gasteiger partial charge in [-0.1, -0.05) is 36.4 Å². The molecule has 1 amide bonds. The van der Waals surface area contributed by atoms with Crippen LogP contribution in [0.4, 0.5) is 4.39 Å². The lowest BCUT2D eigenvalue weighted by molar-refractivity contribution is -0.250. The number of hydrogen-bond donors (Lipinski definition) is 2. The summed E-state index contributed by atoms with van der Waals surface area (Å²) in [7, 11) is 0. The van der Waals surface area contributed by atoms with Crippen LogP contribution in [0.2, 0.25) is 0 Å². The van der Waals surface area contributed by atoms with Crippen molar-refractivity contribution in [2.24, 2.45) is 5.73 Å². The lowest BCUT2D eigenvalue weighted by atomic mass is 9.92. The third-order valence-electron chi connectivity index (χ3n) is 7.64. The summed E-state index contributed by atoms with van der Waals surface area (Å²) in [6.45, 7) is 2.63. The predicted octanol–water partition coefficient (Wildman–Crippen LogP) is 4.12. The quantitative estimate of drug-likeness (QED) is 0.444. The average Bonchev–Trinajstić information content (AvgIpc) is 3.72. The Balaban J connectivity index is 1.29. The van der Waals surface area contributed by atoms with Crippen LogP contribution in [-0.2, 0) is 16.2 Å². The van der Waals surface area contributed by atoms with E-state index in [2.05, 4.69) is 4.90 Å². The number of carbonyl (C=O) groups excluding carboxylic acids is 1. The minimum atomic E-state index is -0.910. The van der Waals surface area contributed by atoms with Gasteiger partial charge >= 0.3 is 0 Å². The fourth-order valence-corrected chi connectivity index (χ4v) is 5.23. The molecule has 6 rings (SSSR count). The van der Waals surface area contributed by atoms with E-state index in [0.29, 0.717) is 12.6 Å². The van der Waals surface area contributed by atoms with Crippen molar-refractivity contribution in [2.45, 2.75) is 50.2 Å². The van der Waals surface area contributed by atoms with E-state index in [0.717, 1.165) is 65.9 Å². The molecule has 38 heavy (non-hydrogen) atoms. The second kappa shape index (κ2) is 10.5. The van der Waals surface area contributed by atoms with Crippen molar-refractivity contribution >= 4 is 5.91 Å². The molecule has 3 aliphatic rings. The van der Waals surface area contributed by atoms with Crippen LogP contribution in [0.1, 0.15) is 48.1 Å². The summed E-state index contributed by atoms with van der Waals surface area (Å²) >= 11 is 0. The van der Waals surface area contributed by atoms with Crippen molar-refractivity contribution in [1.29, 1.82) is 0 Å². The molecule has 3 N–H and O–H groups in total. The standard InChI is InChI=1S/C30H32FN3O4/c31-23-7-2-19(3-8-23)21-6-13-26-22(16-21)18-37-34(28(26)30(32)36)27(17-33-14-1-15-33)29(35)20-4-9-24(10-5-20)38-25-11-12-25/h2-10,13,16,25,27-29,35H,1,11-12,14-15,17-18H2,(H2,32,36)/t27-,28?,29-/m1/s1. The van der Waals surface area contributed by atoms with E-state index < -0.39 is 24.1 Å². The second-order valence-electron chi connectivity index (χ2n) is 10.4. The lowest BCUT2D eigenvalue weighted by Crippen LogP contribution is -2.55. The average molecular weight is 518 g/mol. The molecular formula is C30H32FN3O4. The van der Waals surface area contributed by atoms with Gasteiger partial charge in [-0.15, -0.1) is 0 Å². The zero-order valence-electron chi connectivity index (χ0n) is 21.1. The first-order valence-electron chi connectivity index (χ1n) is 13.2. The first-order chi connectivity index (χ1) is 18.5. The topological polar surface area (TPSA) is 88.3 Å². The van der Waals surface area contributed by atoms with Crippen molar-refractivity contribution < 1.29 is 23.9 Å². The zero-order chi connectivity index (χ0) is 26.2. The minimum Gasteiger partial charge on any atom is -0.490 e. The number of hydrogen-bond acceptors (Lipinski definition) is 6. The van der Waals surface area contributed by atoms with Crippen LogP contribution >= 0.6 is 0 Å². The Kier molecular flexibility index (Phi) is 6.88. The van der Waals surface area contributed by atoms with Gasteiger partial charge in [0.1, 0.15) is 17.6 Å². The van der Waals surface area contributed by atoms with Crippen molar-refractivity contribution in [1.82, 2.24) is 9.96 Å². The van der Waals surface area contributed by atoms with Gasteiger partial charge in [-0.3, -0.25) is 9.63 Å². The van der Waals surface area contributed by atoms with E-state index in [1.54, 1.807) is 17.2 Å². The number of aliphatic hydroxyl groups excluding tert-OH is 1. The number of fused-ring (bicyclic) bond motifs is 1. The smallest absolute Gasteiger partial charge is 0.241 e. The monoisotopic (exact) mass is 517 g/mol. The van der Waals surface area contributed by atoms with Gasteiger partial charge in [0.2, 0.25) is 5.91 Å². The molecule has 8 heteroatoms. The fraction of sp³-hybridized carbons (Fsp3) is 0.367. The highest BCUT2D eigenvalue weighted by Gasteiger charge is 2.42. The number of carbonyl (C=O) groups is 1. The Morgan fingerprint density at radius 1 is 1.05 bits per heavy atom. The normalized spacial score (nSPS) is 21.3. The molecule has 1 saturated carbocycles. The van der Waals surface area contributed by atoms with Gasteiger partial charge in [0.15, 0.2) is 0 Å². The highest BCUT2D eigenvalue weighted by molar-refractivity contribution is 5.82. The summed E-state index contributed by atoms with van der Waals surface area (Å²) in [4.78, 5) is 21.3. The molecule has 1 saturated heterocycles. The Morgan fingerprint density at radius 3 is 2.39 bits per heavy atom. The Labute approximate surface area is 221 Å². The van der Waals surface area contributed by atoms with Crippen LogP contribution in [0.5, 0.6) is 5.75 Å². The van der Waals surface area contributed by atoms with E-state index in [9.17, 15) is 14.3 Å². The molecule has 198 valence electrons. The van der Waals surface area contributed by atoms with Crippen molar-refractivity contribution in [3.8, 4) is 16.9 Å². The predicted molar refractivity (Wildman–Crippen MR) is 140 cm³/mol. The number of primary amides is 1. The van der Waals surface area contributed by atoms with Gasteiger partial charge in [0.05, 0.1) is 24.9 Å². The Bertz CT molecular complexity index is 1290. The second-order valence-corrected chi connectivity index (χ2v) is 10.4. The third kappa shape index (κ3) is 5.17. The summed E-state index contributed by atoms with van der Waals surface area (Å²) in [6.07, 6.45) is 2.65. The summed E-state index contributed by atoms with van der Waals surface area (Å²) in [5.74, 6) is -0.0521. The summed E-state index contributed by atoms with van der Waals surface area (Å²) in [5.41, 5.74) is 10.0. The van der Waals surface area contributed by atoms with E-state index in [1.807, 2.05) is 42.5 Å². The molecule has 0 aromatic heterocycles. The van der Waals surface area contributed by atoms with Gasteiger partial charge < -0.3 is 20.5 Å². The maximum Gasteiger partial charge on any atom is 0.241 e. The maximum atomic E-state index is 13.4. The van der Waals surface area contributed by atoms with Crippen LogP contribution in [0.15, 0.2) is 66.7 Å². The Hall–Kier alpha value is -3.30. The van der Waals surface area contributed by atoms with Crippen LogP contribution in [-0.4, -0.2) is 52.8 Å². The number of halogens is 1.